The number of hydrogen-bond acceptors (Lipinski definition) is 2. The van der Waals surface area contributed by atoms with E-state index in [4.69, 9.17) is 11.6 Å². The molecule has 0 amide bonds. The Kier molecular flexibility index (Phi) is 4.25. The summed E-state index contributed by atoms with van der Waals surface area (Å²) >= 11 is 5.83. The van der Waals surface area contributed by atoms with E-state index in [1.165, 1.54) is 10.4 Å². The van der Waals surface area contributed by atoms with Crippen LogP contribution >= 0.6 is 11.6 Å². The fourth-order valence-corrected chi connectivity index (χ4v) is 4.13. The monoisotopic (exact) mass is 291 g/mol. The molecule has 0 aliphatic carbocycles. The summed E-state index contributed by atoms with van der Waals surface area (Å²) in [6.45, 7) is 1.02. The van der Waals surface area contributed by atoms with Crippen molar-refractivity contribution >= 4 is 21.6 Å². The van der Waals surface area contributed by atoms with Gasteiger partial charge < -0.3 is 0 Å². The highest BCUT2D eigenvalue weighted by Gasteiger charge is 2.27. The molecule has 0 bridgehead atoms. The van der Waals surface area contributed by atoms with Gasteiger partial charge in [-0.05, 0) is 31.0 Å². The van der Waals surface area contributed by atoms with Crippen LogP contribution < -0.4 is 0 Å². The van der Waals surface area contributed by atoms with E-state index >= 15 is 0 Å². The van der Waals surface area contributed by atoms with E-state index in [2.05, 4.69) is 0 Å². The minimum Gasteiger partial charge on any atom is -0.207 e. The molecule has 1 fully saturated rings. The molecule has 0 unspecified atom stereocenters. The molecule has 2 rings (SSSR count). The molecule has 1 heterocycles. The van der Waals surface area contributed by atoms with Gasteiger partial charge in [-0.2, -0.15) is 4.31 Å². The first-order valence-corrected chi connectivity index (χ1v) is 7.79. The Morgan fingerprint density at radius 3 is 2.28 bits per heavy atom. The Bertz CT molecular complexity index is 525. The lowest BCUT2D eigenvalue weighted by Gasteiger charge is -2.20. The fourth-order valence-electron chi connectivity index (χ4n) is 2.11. The summed E-state index contributed by atoms with van der Waals surface area (Å²) in [5, 5.41) is -0.0563. The van der Waals surface area contributed by atoms with Gasteiger partial charge in [-0.3, -0.25) is 0 Å². The highest BCUT2D eigenvalue weighted by atomic mass is 35.5. The van der Waals surface area contributed by atoms with Crippen LogP contribution in [0.3, 0.4) is 0 Å². The van der Waals surface area contributed by atoms with Gasteiger partial charge in [0.05, 0.1) is 5.02 Å². The average molecular weight is 292 g/mol. The van der Waals surface area contributed by atoms with Crippen LogP contribution in [0.25, 0.3) is 0 Å². The molecule has 1 aliphatic rings. The molecular weight excluding hydrogens is 277 g/mol. The molecule has 0 aromatic heterocycles. The number of benzene rings is 1. The molecule has 18 heavy (non-hydrogen) atoms. The smallest absolute Gasteiger partial charge is 0.207 e. The van der Waals surface area contributed by atoms with Gasteiger partial charge in [0.2, 0.25) is 10.0 Å². The summed E-state index contributed by atoms with van der Waals surface area (Å²) in [4.78, 5) is -0.00698. The van der Waals surface area contributed by atoms with Crippen molar-refractivity contribution in [2.45, 2.75) is 30.6 Å². The lowest BCUT2D eigenvalue weighted by Crippen LogP contribution is -2.32. The van der Waals surface area contributed by atoms with Crippen LogP contribution in [-0.2, 0) is 10.0 Å². The average Bonchev–Trinajstić information content (AvgIpc) is 2.57. The maximum Gasteiger partial charge on any atom is 0.244 e. The van der Waals surface area contributed by atoms with Crippen LogP contribution in [0.15, 0.2) is 23.1 Å². The van der Waals surface area contributed by atoms with Gasteiger partial charge in [0.15, 0.2) is 0 Å². The Balaban J connectivity index is 2.34. The zero-order valence-corrected chi connectivity index (χ0v) is 11.5. The Labute approximate surface area is 112 Å². The summed E-state index contributed by atoms with van der Waals surface area (Å²) in [5.41, 5.74) is 0. The second-order valence-electron chi connectivity index (χ2n) is 4.39. The Morgan fingerprint density at radius 1 is 1.11 bits per heavy atom. The van der Waals surface area contributed by atoms with E-state index in [1.807, 2.05) is 0 Å². The first kappa shape index (κ1) is 13.8. The van der Waals surface area contributed by atoms with Crippen LogP contribution in [0.1, 0.15) is 25.7 Å². The summed E-state index contributed by atoms with van der Waals surface area (Å²) < 4.78 is 39.2. The molecule has 6 heteroatoms. The van der Waals surface area contributed by atoms with Crippen LogP contribution in [0, 0.1) is 5.82 Å². The summed E-state index contributed by atoms with van der Waals surface area (Å²) in [5.74, 6) is -0.533. The highest BCUT2D eigenvalue weighted by molar-refractivity contribution is 7.89. The van der Waals surface area contributed by atoms with Crippen LogP contribution in [0.4, 0.5) is 4.39 Å². The number of sulfonamides is 1. The quantitative estimate of drug-likeness (QED) is 0.840. The SMILES string of the molecule is O=S(=O)(c1ccc(F)cc1Cl)N1CCCCCC1. The third-order valence-electron chi connectivity index (χ3n) is 3.08. The number of rotatable bonds is 2. The molecule has 3 nitrogen and oxygen atoms in total. The van der Waals surface area contributed by atoms with Crippen molar-refractivity contribution in [2.24, 2.45) is 0 Å². The molecule has 1 aliphatic heterocycles. The lowest BCUT2D eigenvalue weighted by molar-refractivity contribution is 0.423. The number of nitrogens with zero attached hydrogens (tertiary/aromatic N) is 1. The standard InChI is InChI=1S/C12H15ClFNO2S/c13-11-9-10(14)5-6-12(11)18(16,17)15-7-3-1-2-4-8-15/h5-6,9H,1-4,7-8H2. The first-order chi connectivity index (χ1) is 8.51. The van der Waals surface area contributed by atoms with Gasteiger partial charge in [-0.1, -0.05) is 24.4 Å². The van der Waals surface area contributed by atoms with Gasteiger partial charge in [-0.25, -0.2) is 12.8 Å². The summed E-state index contributed by atoms with van der Waals surface area (Å²) in [6, 6.07) is 3.39. The topological polar surface area (TPSA) is 37.4 Å². The van der Waals surface area contributed by atoms with Crippen molar-refractivity contribution in [1.29, 1.82) is 0 Å². The molecule has 0 saturated carbocycles. The molecule has 100 valence electrons. The van der Waals surface area contributed by atoms with Crippen molar-refractivity contribution in [3.63, 3.8) is 0 Å². The molecule has 1 saturated heterocycles. The molecule has 0 spiro atoms. The molecule has 0 atom stereocenters. The van der Waals surface area contributed by atoms with Gasteiger partial charge in [0, 0.05) is 13.1 Å². The van der Waals surface area contributed by atoms with Crippen molar-refractivity contribution < 1.29 is 12.8 Å². The zero-order chi connectivity index (χ0) is 13.2. The minimum atomic E-state index is -3.60. The predicted molar refractivity (Wildman–Crippen MR) is 68.6 cm³/mol. The van der Waals surface area contributed by atoms with E-state index < -0.39 is 15.8 Å². The minimum absolute atomic E-state index is 0.00698. The lowest BCUT2D eigenvalue weighted by atomic mass is 10.2. The summed E-state index contributed by atoms with van der Waals surface area (Å²) in [7, 11) is -3.60. The molecule has 1 aromatic carbocycles. The Hall–Kier alpha value is -0.650. The van der Waals surface area contributed by atoms with Gasteiger partial charge in [-0.15, -0.1) is 0 Å². The number of halogens is 2. The van der Waals surface area contributed by atoms with Gasteiger partial charge >= 0.3 is 0 Å². The molecular formula is C12H15ClFNO2S. The Morgan fingerprint density at radius 2 is 1.72 bits per heavy atom. The third kappa shape index (κ3) is 2.84. The maximum absolute atomic E-state index is 13.0. The molecule has 0 N–H and O–H groups in total. The highest BCUT2D eigenvalue weighted by Crippen LogP contribution is 2.27. The van der Waals surface area contributed by atoms with Crippen molar-refractivity contribution in [2.75, 3.05) is 13.1 Å². The zero-order valence-electron chi connectivity index (χ0n) is 9.90. The van der Waals surface area contributed by atoms with Crippen LogP contribution in [0.5, 0.6) is 0 Å². The van der Waals surface area contributed by atoms with Gasteiger partial charge in [0.1, 0.15) is 10.7 Å². The van der Waals surface area contributed by atoms with Crippen molar-refractivity contribution in [3.05, 3.63) is 29.0 Å². The molecule has 1 aromatic rings. The fraction of sp³-hybridized carbons (Fsp3) is 0.500. The second kappa shape index (κ2) is 5.55. The van der Waals surface area contributed by atoms with Gasteiger partial charge in [0.25, 0.3) is 0 Å². The van der Waals surface area contributed by atoms with E-state index in [0.717, 1.165) is 37.8 Å². The summed E-state index contributed by atoms with van der Waals surface area (Å²) in [6.07, 6.45) is 3.81. The normalized spacial score (nSPS) is 18.6. The maximum atomic E-state index is 13.0. The van der Waals surface area contributed by atoms with Crippen LogP contribution in [-0.4, -0.2) is 25.8 Å². The van der Waals surface area contributed by atoms with E-state index in [0.29, 0.717) is 13.1 Å². The van der Waals surface area contributed by atoms with Crippen molar-refractivity contribution in [3.8, 4) is 0 Å². The third-order valence-corrected chi connectivity index (χ3v) is 5.46. The largest absolute Gasteiger partial charge is 0.244 e. The second-order valence-corrected chi connectivity index (χ2v) is 6.71. The predicted octanol–water partition coefficient (Wildman–Crippen LogP) is 3.04. The van der Waals surface area contributed by atoms with E-state index in [9.17, 15) is 12.8 Å². The molecule has 0 radical (unpaired) electrons. The van der Waals surface area contributed by atoms with Crippen LogP contribution in [0.2, 0.25) is 5.02 Å². The van der Waals surface area contributed by atoms with E-state index in [-0.39, 0.29) is 9.92 Å². The van der Waals surface area contributed by atoms with E-state index in [1.54, 1.807) is 0 Å². The first-order valence-electron chi connectivity index (χ1n) is 5.97. The van der Waals surface area contributed by atoms with Crippen molar-refractivity contribution in [1.82, 2.24) is 4.31 Å². The number of hydrogen-bond donors (Lipinski definition) is 0.